The van der Waals surface area contributed by atoms with Crippen molar-refractivity contribution < 1.29 is 106 Å². The molecule has 1 spiro atoms. The Morgan fingerprint density at radius 3 is 1.84 bits per heavy atom. The first-order chi connectivity index (χ1) is 50.4. The minimum atomic E-state index is -5.50. The predicted octanol–water partition coefficient (Wildman–Crippen LogP) is 5.35. The lowest BCUT2D eigenvalue weighted by Crippen LogP contribution is -2.72. The number of alkyl halides is 8. The molecule has 2 aromatic carbocycles. The average molecular weight is 1540 g/mol. The van der Waals surface area contributed by atoms with Gasteiger partial charge in [0, 0.05) is 102 Å². The highest BCUT2D eigenvalue weighted by molar-refractivity contribution is 6.01. The van der Waals surface area contributed by atoms with E-state index in [-0.39, 0.29) is 44.4 Å². The van der Waals surface area contributed by atoms with Crippen molar-refractivity contribution in [1.82, 2.24) is 60.0 Å². The van der Waals surface area contributed by atoms with Crippen LogP contribution in [0.15, 0.2) is 48.6 Å². The maximum atomic E-state index is 15.7. The number of carbonyl (C=O) groups excluding carboxylic acids is 12. The highest BCUT2D eigenvalue weighted by atomic mass is 19.4. The van der Waals surface area contributed by atoms with E-state index in [0.29, 0.717) is 37.8 Å². The maximum Gasteiger partial charge on any atom is 0.422 e. The van der Waals surface area contributed by atoms with Crippen molar-refractivity contribution in [3.05, 3.63) is 82.4 Å². The Labute approximate surface area is 620 Å². The van der Waals surface area contributed by atoms with Crippen molar-refractivity contribution in [2.45, 2.75) is 202 Å². The molecule has 2 bridgehead atoms. The summed E-state index contributed by atoms with van der Waals surface area (Å²) in [6.45, 7) is 3.91. The molecule has 108 heavy (non-hydrogen) atoms. The molecule has 4 fully saturated rings. The van der Waals surface area contributed by atoms with Crippen molar-refractivity contribution >= 4 is 70.9 Å². The van der Waals surface area contributed by atoms with Crippen molar-refractivity contribution in [1.29, 1.82) is 0 Å². The van der Waals surface area contributed by atoms with Crippen molar-refractivity contribution in [2.75, 3.05) is 89.2 Å². The van der Waals surface area contributed by atoms with Crippen LogP contribution >= 0.6 is 0 Å². The standard InChI is InChI=1S/C73H98F10N12O13/c1-13-41(4)59-67(105)89(8)38-57(98)91(10)51-23-17-16-20-30-94(66(51)104)54(33-42-24-27-45(28-25-42)72(78,79)80)65(103)88(7)37-55(96)84-49(29-26-43-31-47(74)58(48(75)32-43)73(81,82)83)63(101)95-36-46(108-15-3)34-52(95)62(100)86-70(39-71(76,77)40-70)69(107)93(12)60(44-21-18-19-22-44)68(106)92(11)53(64(102)87(5)6)35-56(97)90(9)50(14-2)61(99)85-59/h16-17,24-25,27-28,31-32,41,44,46,49-54,59-60H,13-15,18-23,26,29-30,33-40H2,1-12H3,(H,84,96)(H,85,99)(H,86,100)/b17-16-/t41-,46+,49+,50-,51-,52-,53-,54-,59-,60-/m0/s1. The van der Waals surface area contributed by atoms with E-state index in [1.807, 2.05) is 0 Å². The number of hydrogen-bond donors (Lipinski definition) is 3. The Kier molecular flexibility index (Phi) is 28.5. The molecule has 0 aromatic heterocycles. The first-order valence-corrected chi connectivity index (χ1v) is 36.1. The van der Waals surface area contributed by atoms with Gasteiger partial charge in [0.25, 0.3) is 5.92 Å². The van der Waals surface area contributed by atoms with Crippen LogP contribution in [-0.2, 0) is 87.5 Å². The van der Waals surface area contributed by atoms with Gasteiger partial charge in [-0.1, -0.05) is 64.3 Å². The number of ether oxygens (including phenoxy) is 1. The number of hydrogen-bond acceptors (Lipinski definition) is 13. The highest BCUT2D eigenvalue weighted by Crippen LogP contribution is 2.48. The zero-order chi connectivity index (χ0) is 80.6. The minimum Gasteiger partial charge on any atom is -0.377 e. The molecule has 0 radical (unpaired) electrons. The Hall–Kier alpha value is -8.92. The summed E-state index contributed by atoms with van der Waals surface area (Å²) in [5.41, 5.74) is -6.25. The lowest BCUT2D eigenvalue weighted by Gasteiger charge is -2.50. The zero-order valence-corrected chi connectivity index (χ0v) is 62.7. The molecule has 35 heteroatoms. The van der Waals surface area contributed by atoms with Crippen LogP contribution in [0.1, 0.15) is 133 Å². The number of likely N-dealkylation sites (N-methyl/N-ethyl adjacent to an activating group) is 7. The van der Waals surface area contributed by atoms with E-state index in [9.17, 15) is 55.1 Å². The summed E-state index contributed by atoms with van der Waals surface area (Å²) >= 11 is 0. The molecule has 2 aliphatic carbocycles. The van der Waals surface area contributed by atoms with Gasteiger partial charge in [0.15, 0.2) is 0 Å². The molecule has 12 amide bonds. The van der Waals surface area contributed by atoms with Crippen molar-refractivity contribution in [3.8, 4) is 0 Å². The second kappa shape index (κ2) is 35.6. The van der Waals surface area contributed by atoms with E-state index in [1.54, 1.807) is 39.8 Å². The van der Waals surface area contributed by atoms with E-state index >= 15 is 46.3 Å². The van der Waals surface area contributed by atoms with Crippen LogP contribution in [0.3, 0.4) is 0 Å². The van der Waals surface area contributed by atoms with Gasteiger partial charge >= 0.3 is 12.4 Å². The molecule has 5 aliphatic rings. The van der Waals surface area contributed by atoms with E-state index in [2.05, 4.69) is 16.0 Å². The summed E-state index contributed by atoms with van der Waals surface area (Å²) in [5.74, 6) is -20.8. The van der Waals surface area contributed by atoms with Crippen LogP contribution in [0.5, 0.6) is 0 Å². The summed E-state index contributed by atoms with van der Waals surface area (Å²) in [6, 6.07) is -8.53. The van der Waals surface area contributed by atoms with Crippen LogP contribution in [0.4, 0.5) is 43.9 Å². The molecule has 2 saturated heterocycles. The molecule has 3 N–H and O–H groups in total. The third-order valence-corrected chi connectivity index (χ3v) is 21.3. The Bertz CT molecular complexity index is 3680. The topological polar surface area (TPSA) is 279 Å². The van der Waals surface area contributed by atoms with Crippen LogP contribution in [0.2, 0.25) is 0 Å². The fourth-order valence-electron chi connectivity index (χ4n) is 15.0. The van der Waals surface area contributed by atoms with Crippen molar-refractivity contribution in [3.63, 3.8) is 0 Å². The van der Waals surface area contributed by atoms with Gasteiger partial charge in [-0.2, -0.15) is 26.3 Å². The lowest BCUT2D eigenvalue weighted by atomic mass is 9.71. The molecule has 3 heterocycles. The second-order valence-corrected chi connectivity index (χ2v) is 29.2. The summed E-state index contributed by atoms with van der Waals surface area (Å²) in [5, 5.41) is 7.64. The van der Waals surface area contributed by atoms with Gasteiger partial charge in [-0.3, -0.25) is 57.5 Å². The largest absolute Gasteiger partial charge is 0.422 e. The summed E-state index contributed by atoms with van der Waals surface area (Å²) in [6.07, 6.45) is -12.2. The molecule has 25 nitrogen and oxygen atoms in total. The number of nitrogens with one attached hydrogen (secondary N) is 3. The Morgan fingerprint density at radius 1 is 0.676 bits per heavy atom. The number of amides is 12. The van der Waals surface area contributed by atoms with Gasteiger partial charge in [0.05, 0.1) is 31.2 Å². The van der Waals surface area contributed by atoms with Crippen LogP contribution in [0, 0.1) is 23.5 Å². The fraction of sp³-hybridized carbons (Fsp3) is 0.644. The number of benzene rings is 2. The van der Waals surface area contributed by atoms with Crippen LogP contribution in [-0.4, -0.2) is 270 Å². The zero-order valence-electron chi connectivity index (χ0n) is 62.7. The van der Waals surface area contributed by atoms with E-state index < -0.39 is 254 Å². The molecule has 3 aliphatic heterocycles. The smallest absolute Gasteiger partial charge is 0.377 e. The predicted molar refractivity (Wildman–Crippen MR) is 370 cm³/mol. The van der Waals surface area contributed by atoms with Gasteiger partial charge in [0.1, 0.15) is 71.1 Å². The van der Waals surface area contributed by atoms with Gasteiger partial charge < -0.3 is 64.8 Å². The van der Waals surface area contributed by atoms with Gasteiger partial charge in [-0.25, -0.2) is 17.6 Å². The number of halogens is 10. The van der Waals surface area contributed by atoms with Crippen LogP contribution in [0.25, 0.3) is 0 Å². The maximum absolute atomic E-state index is 15.7. The Morgan fingerprint density at radius 2 is 1.29 bits per heavy atom. The molecule has 7 rings (SSSR count). The number of rotatable bonds is 12. The molecule has 2 saturated carbocycles. The van der Waals surface area contributed by atoms with Crippen molar-refractivity contribution in [2.24, 2.45) is 11.8 Å². The highest BCUT2D eigenvalue weighted by Gasteiger charge is 2.64. The molecule has 598 valence electrons. The summed E-state index contributed by atoms with van der Waals surface area (Å²) < 4.78 is 151. The lowest BCUT2D eigenvalue weighted by molar-refractivity contribution is -0.178. The normalized spacial score (nSPS) is 26.5. The molecule has 0 unspecified atom stereocenters. The SMILES string of the molecule is CCO[C@@H]1C[C@H]2C(=O)NC3(CC(F)(F)C3)C(=O)N(C)[C@@H](C3CCCC3)C(=O)N(C)[C@H](C(=O)N(C)C)CC(=O)N(C)[C@@H](CC)C(=O)N[C@@H]([C@@H](C)CC)C(=O)N(C)CC(=O)N(C)[C@H]3C/C=C\CCN(C3=O)[C@@H](Cc3ccc(C(F)(F)F)cc3)C(=O)N(C)CC(=O)N[C@H](CCc3cc(F)c(C(F)(F)F)c(F)c3)C(=O)N2C1. The minimum absolute atomic E-state index is 0.0485. The van der Waals surface area contributed by atoms with Gasteiger partial charge in [-0.15, -0.1) is 0 Å². The first kappa shape index (κ1) is 86.3. The number of carbonyl (C=O) groups is 12. The summed E-state index contributed by atoms with van der Waals surface area (Å²) in [4.78, 5) is 188. The van der Waals surface area contributed by atoms with E-state index in [1.165, 1.54) is 42.3 Å². The average Bonchev–Trinajstić information content (AvgIpc) is 0.874. The Balaban J connectivity index is 1.36. The molecular weight excluding hydrogens is 1440 g/mol. The fourth-order valence-corrected chi connectivity index (χ4v) is 15.0. The number of nitrogens with zero attached hydrogens (tertiary/aromatic N) is 9. The third kappa shape index (κ3) is 20.1. The molecular formula is C73H98F10N12O13. The summed E-state index contributed by atoms with van der Waals surface area (Å²) in [7, 11) is 9.93. The second-order valence-electron chi connectivity index (χ2n) is 29.2. The third-order valence-electron chi connectivity index (χ3n) is 21.3. The molecule has 10 atom stereocenters. The van der Waals surface area contributed by atoms with E-state index in [0.717, 1.165) is 82.5 Å². The van der Waals surface area contributed by atoms with Gasteiger partial charge in [-0.05, 0) is 99.1 Å². The number of fused-ring (bicyclic) bond motifs is 3. The van der Waals surface area contributed by atoms with Crippen LogP contribution < -0.4 is 16.0 Å². The van der Waals surface area contributed by atoms with E-state index in [4.69, 9.17) is 4.74 Å². The number of aryl methyl sites for hydroxylation is 1. The molecule has 2 aromatic rings. The quantitative estimate of drug-likeness (QED) is 0.179. The monoisotopic (exact) mass is 1540 g/mol. The first-order valence-electron chi connectivity index (χ1n) is 36.1. The van der Waals surface area contributed by atoms with Gasteiger partial charge in [0.2, 0.25) is 70.9 Å².